The summed E-state index contributed by atoms with van der Waals surface area (Å²) in [6.45, 7) is 5.70. The molecule has 0 saturated carbocycles. The number of ether oxygens (including phenoxy) is 1. The zero-order valence-electron chi connectivity index (χ0n) is 17.4. The highest BCUT2D eigenvalue weighted by atomic mass is 16.6. The predicted octanol–water partition coefficient (Wildman–Crippen LogP) is 6.01. The van der Waals surface area contributed by atoms with Gasteiger partial charge in [-0.3, -0.25) is 0 Å². The summed E-state index contributed by atoms with van der Waals surface area (Å²) in [4.78, 5) is 19.3. The van der Waals surface area contributed by atoms with Crippen LogP contribution < -0.4 is 10.2 Å². The monoisotopic (exact) mass is 399 g/mol. The molecular formula is C25H25N3O2. The summed E-state index contributed by atoms with van der Waals surface area (Å²) < 4.78 is 5.79. The van der Waals surface area contributed by atoms with Gasteiger partial charge in [0.05, 0.1) is 16.7 Å². The van der Waals surface area contributed by atoms with Crippen LogP contribution in [0.3, 0.4) is 0 Å². The molecule has 4 aromatic rings. The Morgan fingerprint density at radius 3 is 1.93 bits per heavy atom. The number of hydrogen-bond donors (Lipinski definition) is 1. The second-order valence-corrected chi connectivity index (χ2v) is 7.50. The summed E-state index contributed by atoms with van der Waals surface area (Å²) in [6, 6.07) is 26.1. The fourth-order valence-corrected chi connectivity index (χ4v) is 3.66. The lowest BCUT2D eigenvalue weighted by molar-refractivity contribution is 0.108. The van der Waals surface area contributed by atoms with Gasteiger partial charge >= 0.3 is 6.09 Å². The van der Waals surface area contributed by atoms with Gasteiger partial charge in [-0.05, 0) is 45.0 Å². The molecule has 0 aliphatic rings. The highest BCUT2D eigenvalue weighted by Crippen LogP contribution is 2.39. The molecule has 1 atom stereocenters. The Morgan fingerprint density at radius 2 is 1.37 bits per heavy atom. The van der Waals surface area contributed by atoms with Crippen LogP contribution in [0.4, 0.5) is 16.2 Å². The van der Waals surface area contributed by atoms with Crippen molar-refractivity contribution >= 4 is 39.3 Å². The van der Waals surface area contributed by atoms with Crippen molar-refractivity contribution in [2.75, 3.05) is 4.90 Å². The zero-order valence-corrected chi connectivity index (χ0v) is 17.4. The van der Waals surface area contributed by atoms with Gasteiger partial charge < -0.3 is 15.0 Å². The van der Waals surface area contributed by atoms with E-state index in [1.165, 1.54) is 0 Å². The Kier molecular flexibility index (Phi) is 5.53. The van der Waals surface area contributed by atoms with E-state index in [0.29, 0.717) is 0 Å². The second-order valence-electron chi connectivity index (χ2n) is 7.50. The van der Waals surface area contributed by atoms with Gasteiger partial charge in [-0.25, -0.2) is 9.78 Å². The van der Waals surface area contributed by atoms with Gasteiger partial charge in [0.2, 0.25) is 0 Å². The van der Waals surface area contributed by atoms with Crippen molar-refractivity contribution in [2.24, 2.45) is 0 Å². The normalized spacial score (nSPS) is 12.1. The van der Waals surface area contributed by atoms with Gasteiger partial charge in [-0.15, -0.1) is 0 Å². The summed E-state index contributed by atoms with van der Waals surface area (Å²) in [5.41, 5.74) is 3.69. The molecule has 5 nitrogen and oxygen atoms in total. The number of para-hydroxylation sites is 3. The maximum absolute atomic E-state index is 12.4. The van der Waals surface area contributed by atoms with Crippen LogP contribution in [0.5, 0.6) is 0 Å². The van der Waals surface area contributed by atoms with Crippen LogP contribution in [0.2, 0.25) is 0 Å². The standard InChI is InChI=1S/C25H25N3O2/c1-17(2)26-25(29)30-18(3)28(19-11-5-4-6-12-19)24-20-13-7-9-15-22(20)27-23-16-10-8-14-21(23)24/h4-18H,1-3H3,(H,26,29). The molecule has 0 fully saturated rings. The van der Waals surface area contributed by atoms with E-state index in [1.54, 1.807) is 0 Å². The molecule has 0 bridgehead atoms. The molecule has 30 heavy (non-hydrogen) atoms. The van der Waals surface area contributed by atoms with Crippen LogP contribution in [-0.4, -0.2) is 23.3 Å². The maximum Gasteiger partial charge on any atom is 0.409 e. The maximum atomic E-state index is 12.4. The molecule has 0 spiro atoms. The van der Waals surface area contributed by atoms with Gasteiger partial charge in [-0.1, -0.05) is 54.6 Å². The van der Waals surface area contributed by atoms with Crippen LogP contribution >= 0.6 is 0 Å². The van der Waals surface area contributed by atoms with Crippen LogP contribution in [0.25, 0.3) is 21.8 Å². The van der Waals surface area contributed by atoms with Crippen LogP contribution in [0.1, 0.15) is 20.8 Å². The first-order chi connectivity index (χ1) is 14.5. The fourth-order valence-electron chi connectivity index (χ4n) is 3.66. The van der Waals surface area contributed by atoms with Crippen molar-refractivity contribution in [1.82, 2.24) is 10.3 Å². The minimum atomic E-state index is -0.541. The van der Waals surface area contributed by atoms with Crippen molar-refractivity contribution < 1.29 is 9.53 Å². The van der Waals surface area contributed by atoms with E-state index in [0.717, 1.165) is 33.2 Å². The number of anilines is 2. The van der Waals surface area contributed by atoms with E-state index >= 15 is 0 Å². The highest BCUT2D eigenvalue weighted by molar-refractivity contribution is 6.09. The van der Waals surface area contributed by atoms with E-state index in [1.807, 2.05) is 87.5 Å². The lowest BCUT2D eigenvalue weighted by Crippen LogP contribution is -2.39. The quantitative estimate of drug-likeness (QED) is 0.330. The molecule has 0 radical (unpaired) electrons. The summed E-state index contributed by atoms with van der Waals surface area (Å²) in [5, 5.41) is 4.81. The lowest BCUT2D eigenvalue weighted by Gasteiger charge is -2.32. The van der Waals surface area contributed by atoms with Gasteiger partial charge in [0.25, 0.3) is 0 Å². The first-order valence-corrected chi connectivity index (χ1v) is 10.1. The van der Waals surface area contributed by atoms with Crippen molar-refractivity contribution in [1.29, 1.82) is 0 Å². The molecule has 1 heterocycles. The number of fused-ring (bicyclic) bond motifs is 2. The number of carbonyl (C=O) groups excluding carboxylic acids is 1. The zero-order chi connectivity index (χ0) is 21.1. The van der Waals surface area contributed by atoms with Crippen LogP contribution in [-0.2, 0) is 4.74 Å². The number of aromatic nitrogens is 1. The minimum Gasteiger partial charge on any atom is -0.425 e. The number of alkyl carbamates (subject to hydrolysis) is 1. The fraction of sp³-hybridized carbons (Fsp3) is 0.200. The van der Waals surface area contributed by atoms with Gasteiger partial charge in [0.15, 0.2) is 6.23 Å². The first kappa shape index (κ1) is 19.7. The molecule has 5 heteroatoms. The Balaban J connectivity index is 1.93. The molecule has 1 N–H and O–H groups in total. The molecule has 1 amide bonds. The van der Waals surface area contributed by atoms with E-state index < -0.39 is 12.3 Å². The lowest BCUT2D eigenvalue weighted by atomic mass is 10.1. The molecule has 0 aliphatic heterocycles. The van der Waals surface area contributed by atoms with Gasteiger partial charge in [0.1, 0.15) is 0 Å². The Bertz CT molecular complexity index is 1120. The Morgan fingerprint density at radius 1 is 0.833 bits per heavy atom. The van der Waals surface area contributed by atoms with E-state index in [2.05, 4.69) is 22.3 Å². The molecule has 1 unspecified atom stereocenters. The molecular weight excluding hydrogens is 374 g/mol. The largest absolute Gasteiger partial charge is 0.425 e. The third-order valence-electron chi connectivity index (χ3n) is 4.88. The van der Waals surface area contributed by atoms with Gasteiger partial charge in [-0.2, -0.15) is 0 Å². The highest BCUT2D eigenvalue weighted by Gasteiger charge is 2.24. The SMILES string of the molecule is CC(C)NC(=O)OC(C)N(c1ccccc1)c1c2ccccc2nc2ccccc12. The Hall–Kier alpha value is -3.60. The molecule has 3 aromatic carbocycles. The van der Waals surface area contributed by atoms with Crippen molar-refractivity contribution in [3.8, 4) is 0 Å². The Labute approximate surface area is 176 Å². The number of amides is 1. The first-order valence-electron chi connectivity index (χ1n) is 10.1. The third kappa shape index (κ3) is 3.92. The number of rotatable bonds is 5. The number of hydrogen-bond acceptors (Lipinski definition) is 4. The second kappa shape index (κ2) is 8.41. The van der Waals surface area contributed by atoms with Crippen LogP contribution in [0.15, 0.2) is 78.9 Å². The molecule has 0 saturated heterocycles. The van der Waals surface area contributed by atoms with E-state index in [9.17, 15) is 4.79 Å². The summed E-state index contributed by atoms with van der Waals surface area (Å²) in [6.07, 6.45) is -0.985. The number of nitrogens with zero attached hydrogens (tertiary/aromatic N) is 2. The van der Waals surface area contributed by atoms with Gasteiger partial charge in [0, 0.05) is 22.5 Å². The smallest absolute Gasteiger partial charge is 0.409 e. The van der Waals surface area contributed by atoms with Crippen molar-refractivity contribution in [3.63, 3.8) is 0 Å². The summed E-state index contributed by atoms with van der Waals surface area (Å²) >= 11 is 0. The van der Waals surface area contributed by atoms with E-state index in [-0.39, 0.29) is 6.04 Å². The molecule has 1 aromatic heterocycles. The topological polar surface area (TPSA) is 54.5 Å². The number of carbonyl (C=O) groups is 1. The number of nitrogens with one attached hydrogen (secondary N) is 1. The predicted molar refractivity (Wildman–Crippen MR) is 122 cm³/mol. The van der Waals surface area contributed by atoms with Crippen molar-refractivity contribution in [2.45, 2.75) is 33.0 Å². The average Bonchev–Trinajstić information content (AvgIpc) is 2.73. The number of pyridine rings is 1. The van der Waals surface area contributed by atoms with Crippen LogP contribution in [0, 0.1) is 0 Å². The molecule has 0 aliphatic carbocycles. The number of benzene rings is 3. The third-order valence-corrected chi connectivity index (χ3v) is 4.88. The average molecular weight is 399 g/mol. The minimum absolute atomic E-state index is 0.00235. The molecule has 152 valence electrons. The summed E-state index contributed by atoms with van der Waals surface area (Å²) in [7, 11) is 0. The molecule has 4 rings (SSSR count). The summed E-state index contributed by atoms with van der Waals surface area (Å²) in [5.74, 6) is 0. The van der Waals surface area contributed by atoms with Crippen molar-refractivity contribution in [3.05, 3.63) is 78.9 Å². The van der Waals surface area contributed by atoms with E-state index in [4.69, 9.17) is 9.72 Å².